The second kappa shape index (κ2) is 11.6. The van der Waals surface area contributed by atoms with Gasteiger partial charge in [-0.1, -0.05) is 0 Å². The standard InChI is InChI=1S/C32H31F6N7O3S/c1-30(46)13-44(7-8-47-14-30)27-22-17-3-5-39-24(21-19-11-40-43-20(19)9-18(26(34)35)23(21)32(36,37)38)25(17)49-28(22)42-29(41-27)48-15-31-4-2-6-45(31)12-16(33)10-31/h3,5,9,11,16,26,46H,2,4,6-8,10,12-15H2,1H3,(H,40,43)/t16-,30+,31+/m1/s1. The summed E-state index contributed by atoms with van der Waals surface area (Å²) in [5.74, 6) is 0.357. The second-order valence-electron chi connectivity index (χ2n) is 13.3. The molecule has 3 aliphatic heterocycles. The minimum absolute atomic E-state index is 0.00365. The molecule has 0 radical (unpaired) electrons. The Morgan fingerprint density at radius 2 is 2.06 bits per heavy atom. The van der Waals surface area contributed by atoms with Gasteiger partial charge >= 0.3 is 12.2 Å². The molecule has 0 amide bonds. The summed E-state index contributed by atoms with van der Waals surface area (Å²) >= 11 is 1.03. The van der Waals surface area contributed by atoms with Crippen LogP contribution in [0.4, 0.5) is 32.2 Å². The monoisotopic (exact) mass is 707 g/mol. The van der Waals surface area contributed by atoms with Crippen molar-refractivity contribution in [3.63, 3.8) is 0 Å². The van der Waals surface area contributed by atoms with Crippen molar-refractivity contribution in [3.8, 4) is 17.3 Å². The van der Waals surface area contributed by atoms with Crippen molar-refractivity contribution in [2.45, 2.75) is 56.1 Å². The van der Waals surface area contributed by atoms with Gasteiger partial charge in [0.1, 0.15) is 29.0 Å². The summed E-state index contributed by atoms with van der Waals surface area (Å²) in [4.78, 5) is 18.1. The predicted molar refractivity (Wildman–Crippen MR) is 170 cm³/mol. The Morgan fingerprint density at radius 3 is 2.86 bits per heavy atom. The van der Waals surface area contributed by atoms with Gasteiger partial charge in [0, 0.05) is 47.6 Å². The smallest absolute Gasteiger partial charge is 0.417 e. The lowest BCUT2D eigenvalue weighted by Gasteiger charge is -2.31. The van der Waals surface area contributed by atoms with E-state index >= 15 is 0 Å². The number of halogens is 6. The number of H-pyrrole nitrogens is 1. The Balaban J connectivity index is 1.34. The molecule has 0 spiro atoms. The number of alkyl halides is 6. The van der Waals surface area contributed by atoms with Crippen molar-refractivity contribution in [3.05, 3.63) is 35.7 Å². The molecule has 0 aliphatic carbocycles. The van der Waals surface area contributed by atoms with E-state index in [4.69, 9.17) is 14.5 Å². The average molecular weight is 708 g/mol. The topological polar surface area (TPSA) is 113 Å². The molecule has 49 heavy (non-hydrogen) atoms. The third kappa shape index (κ3) is 5.54. The molecular formula is C32H31F6N7O3S. The highest BCUT2D eigenvalue weighted by atomic mass is 32.1. The fourth-order valence-corrected chi connectivity index (χ4v) is 8.85. The number of rotatable bonds is 6. The van der Waals surface area contributed by atoms with Crippen LogP contribution in [0.5, 0.6) is 6.01 Å². The SMILES string of the molecule is C[C@@]1(O)COCCN(c2nc(OC[C@@]34CCCN3C[C@H](F)C4)nc3sc4c(-c5c(C(F)(F)F)c(C(F)F)cc6[nH]ncc56)nccc4c23)C1. The number of hydrogen-bond donors (Lipinski definition) is 2. The van der Waals surface area contributed by atoms with E-state index in [1.165, 1.54) is 6.20 Å². The molecule has 260 valence electrons. The Morgan fingerprint density at radius 1 is 1.22 bits per heavy atom. The van der Waals surface area contributed by atoms with Crippen LogP contribution in [-0.4, -0.2) is 98.5 Å². The van der Waals surface area contributed by atoms with Gasteiger partial charge in [-0.15, -0.1) is 11.3 Å². The van der Waals surface area contributed by atoms with Gasteiger partial charge in [-0.2, -0.15) is 28.2 Å². The minimum Gasteiger partial charge on any atom is -0.461 e. The van der Waals surface area contributed by atoms with Crippen molar-refractivity contribution < 1.29 is 40.9 Å². The molecule has 0 saturated carbocycles. The molecule has 4 aromatic heterocycles. The zero-order valence-corrected chi connectivity index (χ0v) is 27.0. The summed E-state index contributed by atoms with van der Waals surface area (Å²) in [6.07, 6.45) is -5.07. The molecule has 1 aromatic carbocycles. The molecule has 0 bridgehead atoms. The number of pyridine rings is 1. The Kier molecular flexibility index (Phi) is 7.70. The van der Waals surface area contributed by atoms with Crippen LogP contribution >= 0.6 is 11.3 Å². The van der Waals surface area contributed by atoms with E-state index in [1.807, 2.05) is 4.90 Å². The van der Waals surface area contributed by atoms with Crippen molar-refractivity contribution in [2.24, 2.45) is 0 Å². The van der Waals surface area contributed by atoms with E-state index in [2.05, 4.69) is 25.1 Å². The van der Waals surface area contributed by atoms with Gasteiger partial charge in [-0.05, 0) is 38.4 Å². The number of ether oxygens (including phenoxy) is 2. The fraction of sp³-hybridized carbons (Fsp3) is 0.500. The largest absolute Gasteiger partial charge is 0.461 e. The summed E-state index contributed by atoms with van der Waals surface area (Å²) in [5, 5.41) is 18.3. The van der Waals surface area contributed by atoms with Gasteiger partial charge in [0.2, 0.25) is 0 Å². The minimum atomic E-state index is -5.15. The molecule has 5 aromatic rings. The molecule has 3 aliphatic rings. The second-order valence-corrected chi connectivity index (χ2v) is 14.3. The molecule has 8 rings (SSSR count). The summed E-state index contributed by atoms with van der Waals surface area (Å²) in [7, 11) is 0. The van der Waals surface area contributed by atoms with E-state index in [0.717, 1.165) is 43.0 Å². The third-order valence-electron chi connectivity index (χ3n) is 9.72. The fourth-order valence-electron chi connectivity index (χ4n) is 7.70. The number of aromatic nitrogens is 5. The van der Waals surface area contributed by atoms with Gasteiger partial charge in [-0.3, -0.25) is 15.0 Å². The van der Waals surface area contributed by atoms with E-state index in [0.29, 0.717) is 40.9 Å². The normalized spacial score (nSPS) is 25.2. The predicted octanol–water partition coefficient (Wildman–Crippen LogP) is 6.28. The highest BCUT2D eigenvalue weighted by molar-refractivity contribution is 7.26. The van der Waals surface area contributed by atoms with Crippen molar-refractivity contribution in [1.29, 1.82) is 0 Å². The number of benzene rings is 1. The van der Waals surface area contributed by atoms with Gasteiger partial charge in [0.15, 0.2) is 0 Å². The van der Waals surface area contributed by atoms with Crippen LogP contribution in [-0.2, 0) is 10.9 Å². The molecule has 3 atom stereocenters. The van der Waals surface area contributed by atoms with Crippen LogP contribution in [0, 0.1) is 0 Å². The number of fused-ring (bicyclic) bond motifs is 5. The maximum absolute atomic E-state index is 14.7. The number of hydrogen-bond acceptors (Lipinski definition) is 10. The molecule has 0 unspecified atom stereocenters. The van der Waals surface area contributed by atoms with E-state index in [-0.39, 0.29) is 53.7 Å². The zero-order valence-electron chi connectivity index (χ0n) is 26.2. The van der Waals surface area contributed by atoms with Crippen molar-refractivity contribution in [1.82, 2.24) is 30.0 Å². The summed E-state index contributed by atoms with van der Waals surface area (Å²) in [6.45, 7) is 3.63. The highest BCUT2D eigenvalue weighted by Crippen LogP contribution is 2.50. The maximum Gasteiger partial charge on any atom is 0.417 e. The number of aliphatic hydroxyl groups is 1. The lowest BCUT2D eigenvalue weighted by Crippen LogP contribution is -2.43. The molecule has 7 heterocycles. The maximum atomic E-state index is 14.7. The van der Waals surface area contributed by atoms with Crippen molar-refractivity contribution in [2.75, 3.05) is 50.9 Å². The third-order valence-corrected chi connectivity index (χ3v) is 10.8. The van der Waals surface area contributed by atoms with Gasteiger partial charge in [0.05, 0.1) is 58.4 Å². The lowest BCUT2D eigenvalue weighted by molar-refractivity contribution is -0.138. The first kappa shape index (κ1) is 32.4. The van der Waals surface area contributed by atoms with Gasteiger partial charge < -0.3 is 19.5 Å². The average Bonchev–Trinajstić information content (AvgIpc) is 3.79. The highest BCUT2D eigenvalue weighted by Gasteiger charge is 2.49. The van der Waals surface area contributed by atoms with Crippen LogP contribution < -0.4 is 9.64 Å². The molecule has 3 saturated heterocycles. The molecule has 2 N–H and O–H groups in total. The van der Waals surface area contributed by atoms with Crippen LogP contribution in [0.25, 0.3) is 42.5 Å². The van der Waals surface area contributed by atoms with E-state index < -0.39 is 46.6 Å². The number of nitrogens with one attached hydrogen (secondary N) is 1. The first-order chi connectivity index (χ1) is 23.3. The lowest BCUT2D eigenvalue weighted by atomic mass is 9.93. The Hall–Kier alpha value is -3.80. The van der Waals surface area contributed by atoms with E-state index in [1.54, 1.807) is 13.0 Å². The number of β-amino-alcohol motifs (C(OH)–C–C–N with tert-alkyl or cyclic N) is 1. The van der Waals surface area contributed by atoms with Crippen LogP contribution in [0.3, 0.4) is 0 Å². The Labute approximate surface area is 279 Å². The van der Waals surface area contributed by atoms with E-state index in [9.17, 15) is 31.4 Å². The van der Waals surface area contributed by atoms with Crippen molar-refractivity contribution >= 4 is 48.4 Å². The van der Waals surface area contributed by atoms with Crippen LogP contribution in [0.15, 0.2) is 24.5 Å². The first-order valence-electron chi connectivity index (χ1n) is 15.9. The quantitative estimate of drug-likeness (QED) is 0.197. The summed E-state index contributed by atoms with van der Waals surface area (Å²) < 4.78 is 99.1. The van der Waals surface area contributed by atoms with Gasteiger partial charge in [0.25, 0.3) is 6.43 Å². The number of aromatic amines is 1. The van der Waals surface area contributed by atoms with Crippen LogP contribution in [0.1, 0.15) is 43.7 Å². The molecular weight excluding hydrogens is 676 g/mol. The summed E-state index contributed by atoms with van der Waals surface area (Å²) in [6, 6.07) is 2.37. The molecule has 10 nitrogen and oxygen atoms in total. The number of nitrogens with zero attached hydrogens (tertiary/aromatic N) is 6. The van der Waals surface area contributed by atoms with Gasteiger partial charge in [-0.25, -0.2) is 13.2 Å². The zero-order chi connectivity index (χ0) is 34.3. The summed E-state index contributed by atoms with van der Waals surface area (Å²) in [5.41, 5.74) is -5.12. The molecule has 17 heteroatoms. The molecule has 3 fully saturated rings. The van der Waals surface area contributed by atoms with Crippen LogP contribution in [0.2, 0.25) is 0 Å². The Bertz CT molecular complexity index is 2070. The number of anilines is 1. The first-order valence-corrected chi connectivity index (χ1v) is 16.7. The number of thiophene rings is 1.